The molecule has 1 unspecified atom stereocenters. The van der Waals surface area contributed by atoms with E-state index in [4.69, 9.17) is 0 Å². The lowest BCUT2D eigenvalue weighted by molar-refractivity contribution is -0.140. The Balaban J connectivity index is 3.21. The largest absolute Gasteiger partial charge is 0.469 e. The predicted octanol–water partition coefficient (Wildman–Crippen LogP) is 6.13. The fourth-order valence-electron chi connectivity index (χ4n) is 2.76. The minimum Gasteiger partial charge on any atom is -0.469 e. The van der Waals surface area contributed by atoms with Crippen LogP contribution in [0.5, 0.6) is 0 Å². The highest BCUT2D eigenvalue weighted by molar-refractivity contribution is 5.68. The van der Waals surface area contributed by atoms with E-state index in [-0.39, 0.29) is 5.97 Å². The first-order valence-electron chi connectivity index (χ1n) is 9.13. The van der Waals surface area contributed by atoms with Gasteiger partial charge in [-0.25, -0.2) is 0 Å². The van der Waals surface area contributed by atoms with Crippen molar-refractivity contribution in [3.8, 4) is 0 Å². The summed E-state index contributed by atoms with van der Waals surface area (Å²) in [6.45, 7) is 7.04. The van der Waals surface area contributed by atoms with Gasteiger partial charge in [0, 0.05) is 6.42 Å². The first-order chi connectivity index (χ1) is 10.1. The lowest BCUT2D eigenvalue weighted by Gasteiger charge is -2.11. The maximum Gasteiger partial charge on any atom is 0.305 e. The number of rotatable bonds is 14. The van der Waals surface area contributed by atoms with E-state index < -0.39 is 0 Å². The Morgan fingerprint density at radius 1 is 0.762 bits per heavy atom. The molecule has 21 heavy (non-hydrogen) atoms. The van der Waals surface area contributed by atoms with Crippen LogP contribution in [-0.4, -0.2) is 13.1 Å². The van der Waals surface area contributed by atoms with Gasteiger partial charge in [-0.2, -0.15) is 0 Å². The van der Waals surface area contributed by atoms with Crippen molar-refractivity contribution < 1.29 is 9.53 Å². The number of unbranched alkanes of at least 4 members (excludes halogenated alkanes) is 6. The van der Waals surface area contributed by atoms with Crippen molar-refractivity contribution in [2.45, 2.75) is 97.8 Å². The van der Waals surface area contributed by atoms with Crippen molar-refractivity contribution in [2.24, 2.45) is 11.8 Å². The van der Waals surface area contributed by atoms with Gasteiger partial charge in [0.15, 0.2) is 0 Å². The molecule has 0 saturated heterocycles. The van der Waals surface area contributed by atoms with Gasteiger partial charge < -0.3 is 4.74 Å². The normalized spacial score (nSPS) is 12.6. The maximum absolute atomic E-state index is 10.9. The van der Waals surface area contributed by atoms with Crippen LogP contribution in [0.15, 0.2) is 0 Å². The number of carbonyl (C=O) groups is 1. The molecule has 0 aliphatic heterocycles. The average molecular weight is 299 g/mol. The molecule has 0 N–H and O–H groups in total. The van der Waals surface area contributed by atoms with E-state index in [0.29, 0.717) is 6.42 Å². The first kappa shape index (κ1) is 20.5. The van der Waals surface area contributed by atoms with Crippen LogP contribution in [0.3, 0.4) is 0 Å². The summed E-state index contributed by atoms with van der Waals surface area (Å²) in [6.07, 6.45) is 15.1. The van der Waals surface area contributed by atoms with Crippen LogP contribution in [0, 0.1) is 11.8 Å². The van der Waals surface area contributed by atoms with E-state index in [1.54, 1.807) is 0 Å². The fraction of sp³-hybridized carbons (Fsp3) is 0.947. The molecule has 0 spiro atoms. The maximum atomic E-state index is 10.9. The fourth-order valence-corrected chi connectivity index (χ4v) is 2.76. The highest BCUT2D eigenvalue weighted by atomic mass is 16.5. The Morgan fingerprint density at radius 3 is 1.81 bits per heavy atom. The van der Waals surface area contributed by atoms with Crippen molar-refractivity contribution in [2.75, 3.05) is 7.11 Å². The molecule has 0 aliphatic rings. The van der Waals surface area contributed by atoms with Crippen molar-refractivity contribution in [3.05, 3.63) is 0 Å². The summed E-state index contributed by atoms with van der Waals surface area (Å²) in [7, 11) is 1.46. The van der Waals surface area contributed by atoms with E-state index in [1.807, 2.05) is 0 Å². The van der Waals surface area contributed by atoms with E-state index in [0.717, 1.165) is 18.3 Å². The molecule has 2 heteroatoms. The minimum absolute atomic E-state index is 0.0682. The third-order valence-corrected chi connectivity index (χ3v) is 4.28. The van der Waals surface area contributed by atoms with E-state index in [9.17, 15) is 4.79 Å². The van der Waals surface area contributed by atoms with E-state index in [2.05, 4.69) is 25.5 Å². The molecule has 126 valence electrons. The van der Waals surface area contributed by atoms with Crippen LogP contribution in [-0.2, 0) is 9.53 Å². The first-order valence-corrected chi connectivity index (χ1v) is 9.13. The Hall–Kier alpha value is -0.530. The van der Waals surface area contributed by atoms with Crippen molar-refractivity contribution >= 4 is 5.97 Å². The zero-order chi connectivity index (χ0) is 15.9. The Bertz CT molecular complexity index is 236. The molecule has 0 radical (unpaired) electrons. The van der Waals surface area contributed by atoms with Crippen LogP contribution in [0.4, 0.5) is 0 Å². The number of hydrogen-bond acceptors (Lipinski definition) is 2. The van der Waals surface area contributed by atoms with Gasteiger partial charge in [-0.3, -0.25) is 4.79 Å². The summed E-state index contributed by atoms with van der Waals surface area (Å²) in [5.74, 6) is 1.69. The zero-order valence-electron chi connectivity index (χ0n) is 15.0. The molecular weight excluding hydrogens is 260 g/mol. The second-order valence-electron chi connectivity index (χ2n) is 7.02. The summed E-state index contributed by atoms with van der Waals surface area (Å²) >= 11 is 0. The Morgan fingerprint density at radius 2 is 1.24 bits per heavy atom. The average Bonchev–Trinajstić information content (AvgIpc) is 2.45. The van der Waals surface area contributed by atoms with Gasteiger partial charge in [0.2, 0.25) is 0 Å². The number of ether oxygens (including phenoxy) is 1. The molecule has 1 atom stereocenters. The van der Waals surface area contributed by atoms with E-state index in [1.165, 1.54) is 71.3 Å². The van der Waals surface area contributed by atoms with Gasteiger partial charge in [-0.05, 0) is 18.3 Å². The molecule has 0 aliphatic carbocycles. The standard InChI is InChI=1S/C19H38O2/c1-17(2)13-11-12-15-18(3)14-9-7-5-6-8-10-16-19(20)21-4/h17-18H,5-16H2,1-4H3. The Kier molecular flexibility index (Phi) is 14.0. The van der Waals surface area contributed by atoms with Crippen LogP contribution >= 0.6 is 0 Å². The van der Waals surface area contributed by atoms with Gasteiger partial charge in [-0.15, -0.1) is 0 Å². The summed E-state index contributed by atoms with van der Waals surface area (Å²) < 4.78 is 4.64. The number of carbonyl (C=O) groups excluding carboxylic acids is 1. The second kappa shape index (κ2) is 14.4. The molecule has 0 fully saturated rings. The SMILES string of the molecule is COC(=O)CCCCCCCCC(C)CCCCC(C)C. The predicted molar refractivity (Wildman–Crippen MR) is 91.4 cm³/mol. The van der Waals surface area contributed by atoms with Gasteiger partial charge in [0.25, 0.3) is 0 Å². The molecule has 0 heterocycles. The lowest BCUT2D eigenvalue weighted by atomic mass is 9.95. The van der Waals surface area contributed by atoms with Gasteiger partial charge >= 0.3 is 5.97 Å². The lowest BCUT2D eigenvalue weighted by Crippen LogP contribution is -1.99. The summed E-state index contributed by atoms with van der Waals surface area (Å²) in [4.78, 5) is 10.9. The van der Waals surface area contributed by atoms with Crippen LogP contribution in [0.2, 0.25) is 0 Å². The molecule has 0 aromatic rings. The molecular formula is C19H38O2. The summed E-state index contributed by atoms with van der Waals surface area (Å²) in [6, 6.07) is 0. The molecule has 0 saturated carbocycles. The summed E-state index contributed by atoms with van der Waals surface area (Å²) in [5, 5.41) is 0. The highest BCUT2D eigenvalue weighted by Gasteiger charge is 2.03. The smallest absolute Gasteiger partial charge is 0.305 e. The van der Waals surface area contributed by atoms with Crippen LogP contribution in [0.1, 0.15) is 97.8 Å². The molecule has 0 aromatic carbocycles. The van der Waals surface area contributed by atoms with Crippen molar-refractivity contribution in [1.29, 1.82) is 0 Å². The zero-order valence-corrected chi connectivity index (χ0v) is 15.0. The minimum atomic E-state index is -0.0682. The number of esters is 1. The number of hydrogen-bond donors (Lipinski definition) is 0. The monoisotopic (exact) mass is 298 g/mol. The van der Waals surface area contributed by atoms with Crippen LogP contribution < -0.4 is 0 Å². The van der Waals surface area contributed by atoms with Gasteiger partial charge in [0.05, 0.1) is 7.11 Å². The highest BCUT2D eigenvalue weighted by Crippen LogP contribution is 2.18. The molecule has 2 nitrogen and oxygen atoms in total. The second-order valence-corrected chi connectivity index (χ2v) is 7.02. The third kappa shape index (κ3) is 15.7. The molecule has 0 amide bonds. The third-order valence-electron chi connectivity index (χ3n) is 4.28. The van der Waals surface area contributed by atoms with Gasteiger partial charge in [0.1, 0.15) is 0 Å². The van der Waals surface area contributed by atoms with Crippen molar-refractivity contribution in [3.63, 3.8) is 0 Å². The summed E-state index contributed by atoms with van der Waals surface area (Å²) in [5.41, 5.74) is 0. The van der Waals surface area contributed by atoms with Crippen LogP contribution in [0.25, 0.3) is 0 Å². The van der Waals surface area contributed by atoms with Gasteiger partial charge in [-0.1, -0.05) is 85.0 Å². The Labute approximate surface area is 133 Å². The molecule has 0 rings (SSSR count). The molecule has 0 bridgehead atoms. The quantitative estimate of drug-likeness (QED) is 0.285. The number of methoxy groups -OCH3 is 1. The van der Waals surface area contributed by atoms with Crippen molar-refractivity contribution in [1.82, 2.24) is 0 Å². The topological polar surface area (TPSA) is 26.3 Å². The van der Waals surface area contributed by atoms with E-state index >= 15 is 0 Å². The molecule has 0 aromatic heterocycles.